The first-order valence-corrected chi connectivity index (χ1v) is 8.59. The van der Waals surface area contributed by atoms with E-state index in [1.165, 1.54) is 44.8 Å². The number of benzene rings is 1. The second-order valence-electron chi connectivity index (χ2n) is 6.27. The first-order valence-electron chi connectivity index (χ1n) is 8.59. The van der Waals surface area contributed by atoms with Crippen LogP contribution in [0.15, 0.2) is 36.7 Å². The number of aromatic nitrogens is 2. The van der Waals surface area contributed by atoms with Crippen LogP contribution in [0.4, 0.5) is 0 Å². The third kappa shape index (κ3) is 5.32. The number of esters is 1. The molecule has 0 bridgehead atoms. The molecule has 0 aliphatic carbocycles. The Balaban J connectivity index is 2.10. The third-order valence-electron chi connectivity index (χ3n) is 3.95. The molecule has 0 saturated carbocycles. The van der Waals surface area contributed by atoms with Gasteiger partial charge in [0.1, 0.15) is 23.7 Å². The van der Waals surface area contributed by atoms with Gasteiger partial charge in [-0.3, -0.25) is 4.79 Å². The summed E-state index contributed by atoms with van der Waals surface area (Å²) in [6.45, 7) is 3.25. The quantitative estimate of drug-likeness (QED) is 0.410. The first-order chi connectivity index (χ1) is 13.3. The highest BCUT2D eigenvalue weighted by Gasteiger charge is 2.27. The minimum absolute atomic E-state index is 0.0437. The number of carbonyl (C=O) groups is 2. The van der Waals surface area contributed by atoms with E-state index in [0.29, 0.717) is 16.2 Å². The van der Waals surface area contributed by atoms with Gasteiger partial charge in [-0.2, -0.15) is 0 Å². The SMILES string of the molecule is COc1cc(OC)cc(C(=O)N[C@H](C(=O)OCc2nccc[n+]2[O-])C(C)C)c1. The van der Waals surface area contributed by atoms with Crippen molar-refractivity contribution in [3.8, 4) is 11.5 Å². The molecule has 28 heavy (non-hydrogen) atoms. The van der Waals surface area contributed by atoms with Crippen LogP contribution < -0.4 is 19.5 Å². The van der Waals surface area contributed by atoms with E-state index in [1.807, 2.05) is 0 Å². The lowest BCUT2D eigenvalue weighted by Crippen LogP contribution is -2.45. The van der Waals surface area contributed by atoms with Crippen molar-refractivity contribution in [1.82, 2.24) is 10.3 Å². The smallest absolute Gasteiger partial charge is 0.339 e. The minimum atomic E-state index is -0.909. The predicted molar refractivity (Wildman–Crippen MR) is 98.6 cm³/mol. The molecular formula is C19H23N3O6. The molecule has 1 amide bonds. The maximum Gasteiger partial charge on any atom is 0.339 e. The summed E-state index contributed by atoms with van der Waals surface area (Å²) in [6, 6.07) is 5.27. The fourth-order valence-electron chi connectivity index (χ4n) is 2.38. The molecule has 9 nitrogen and oxygen atoms in total. The highest BCUT2D eigenvalue weighted by Crippen LogP contribution is 2.22. The monoisotopic (exact) mass is 389 g/mol. The summed E-state index contributed by atoms with van der Waals surface area (Å²) in [6.07, 6.45) is 2.68. The van der Waals surface area contributed by atoms with Crippen molar-refractivity contribution >= 4 is 11.9 Å². The number of rotatable bonds is 8. The van der Waals surface area contributed by atoms with Crippen LogP contribution in [0.2, 0.25) is 0 Å². The first kappa shape index (κ1) is 20.9. The number of nitrogens with one attached hydrogen (secondary N) is 1. The summed E-state index contributed by atoms with van der Waals surface area (Å²) in [4.78, 5) is 28.9. The largest absolute Gasteiger partial charge is 0.711 e. The number of hydrogen-bond donors (Lipinski definition) is 1. The summed E-state index contributed by atoms with van der Waals surface area (Å²) in [7, 11) is 2.95. The molecule has 0 saturated heterocycles. The predicted octanol–water partition coefficient (Wildman–Crippen LogP) is 1.23. The Hall–Kier alpha value is -3.36. The summed E-state index contributed by atoms with van der Waals surface area (Å²) in [5.74, 6) is -0.450. The molecule has 2 rings (SSSR count). The van der Waals surface area contributed by atoms with Gasteiger partial charge in [0.2, 0.25) is 0 Å². The number of methoxy groups -OCH3 is 2. The van der Waals surface area contributed by atoms with Crippen molar-refractivity contribution in [1.29, 1.82) is 0 Å². The Bertz CT molecular complexity index is 818. The lowest BCUT2D eigenvalue weighted by atomic mass is 10.0. The van der Waals surface area contributed by atoms with Gasteiger partial charge in [0.25, 0.3) is 5.91 Å². The van der Waals surface area contributed by atoms with E-state index in [1.54, 1.807) is 19.9 Å². The minimum Gasteiger partial charge on any atom is -0.711 e. The zero-order valence-electron chi connectivity index (χ0n) is 16.2. The Kier molecular flexibility index (Phi) is 7.14. The summed E-state index contributed by atoms with van der Waals surface area (Å²) < 4.78 is 16.0. The average Bonchev–Trinajstić information content (AvgIpc) is 2.70. The van der Waals surface area contributed by atoms with E-state index in [4.69, 9.17) is 14.2 Å². The second kappa shape index (κ2) is 9.54. The van der Waals surface area contributed by atoms with Gasteiger partial charge >= 0.3 is 11.8 Å². The maximum absolute atomic E-state index is 12.6. The third-order valence-corrected chi connectivity index (χ3v) is 3.95. The molecule has 2 aromatic rings. The van der Waals surface area contributed by atoms with Crippen molar-refractivity contribution in [2.45, 2.75) is 26.5 Å². The molecular weight excluding hydrogens is 366 g/mol. The Labute approximate surface area is 162 Å². The lowest BCUT2D eigenvalue weighted by Gasteiger charge is -2.21. The summed E-state index contributed by atoms with van der Waals surface area (Å²) in [5.41, 5.74) is 0.275. The molecule has 1 heterocycles. The molecule has 150 valence electrons. The molecule has 9 heteroatoms. The highest BCUT2D eigenvalue weighted by atomic mass is 16.5. The van der Waals surface area contributed by atoms with Gasteiger partial charge in [-0.15, -0.1) is 0 Å². The van der Waals surface area contributed by atoms with Crippen LogP contribution in [-0.4, -0.2) is 37.1 Å². The Morgan fingerprint density at radius 3 is 2.36 bits per heavy atom. The molecule has 0 aliphatic heterocycles. The number of ether oxygens (including phenoxy) is 3. The normalized spacial score (nSPS) is 11.6. The van der Waals surface area contributed by atoms with E-state index in [-0.39, 0.29) is 23.9 Å². The van der Waals surface area contributed by atoms with E-state index >= 15 is 0 Å². The fraction of sp³-hybridized carbons (Fsp3) is 0.368. The Morgan fingerprint density at radius 2 is 1.82 bits per heavy atom. The van der Waals surface area contributed by atoms with Crippen molar-refractivity contribution in [3.05, 3.63) is 53.3 Å². The van der Waals surface area contributed by atoms with E-state index in [0.717, 1.165) is 0 Å². The zero-order chi connectivity index (χ0) is 20.7. The molecule has 0 aliphatic rings. The summed E-state index contributed by atoms with van der Waals surface area (Å²) >= 11 is 0. The van der Waals surface area contributed by atoms with E-state index < -0.39 is 17.9 Å². The van der Waals surface area contributed by atoms with Crippen LogP contribution in [0.3, 0.4) is 0 Å². The fourth-order valence-corrected chi connectivity index (χ4v) is 2.38. The number of hydrogen-bond acceptors (Lipinski definition) is 7. The van der Waals surface area contributed by atoms with Crippen LogP contribution in [0.25, 0.3) is 0 Å². The average molecular weight is 389 g/mol. The van der Waals surface area contributed by atoms with Crippen LogP contribution in [-0.2, 0) is 16.1 Å². The number of carbonyl (C=O) groups excluding carboxylic acids is 2. The standard InChI is InChI=1S/C19H23N3O6/c1-12(2)17(19(24)28-11-16-20-6-5-7-22(16)25)21-18(23)13-8-14(26-3)10-15(9-13)27-4/h5-10,12,17H,11H2,1-4H3,(H,21,23)/t17-/m0/s1. The molecule has 1 aromatic carbocycles. The molecule has 1 atom stereocenters. The van der Waals surface area contributed by atoms with Gasteiger partial charge in [0, 0.05) is 17.7 Å². The highest BCUT2D eigenvalue weighted by molar-refractivity contribution is 5.97. The van der Waals surface area contributed by atoms with Crippen molar-refractivity contribution in [3.63, 3.8) is 0 Å². The summed E-state index contributed by atoms with van der Waals surface area (Å²) in [5, 5.41) is 14.2. The molecule has 1 aromatic heterocycles. The second-order valence-corrected chi connectivity index (χ2v) is 6.27. The number of nitrogens with zero attached hydrogens (tertiary/aromatic N) is 2. The molecule has 0 fully saturated rings. The molecule has 1 N–H and O–H groups in total. The van der Waals surface area contributed by atoms with Crippen molar-refractivity contribution < 1.29 is 28.5 Å². The molecule has 0 spiro atoms. The Morgan fingerprint density at radius 1 is 1.18 bits per heavy atom. The lowest BCUT2D eigenvalue weighted by molar-refractivity contribution is -0.620. The van der Waals surface area contributed by atoms with Gasteiger partial charge in [0.05, 0.1) is 20.4 Å². The topological polar surface area (TPSA) is 114 Å². The van der Waals surface area contributed by atoms with Crippen LogP contribution in [0.1, 0.15) is 30.0 Å². The maximum atomic E-state index is 12.6. The van der Waals surface area contributed by atoms with E-state index in [2.05, 4.69) is 10.3 Å². The molecule has 0 unspecified atom stereocenters. The van der Waals surface area contributed by atoms with Gasteiger partial charge in [-0.05, 0) is 23.0 Å². The van der Waals surface area contributed by atoms with Crippen molar-refractivity contribution in [2.24, 2.45) is 5.92 Å². The van der Waals surface area contributed by atoms with Crippen LogP contribution in [0.5, 0.6) is 11.5 Å². The van der Waals surface area contributed by atoms with Gasteiger partial charge < -0.3 is 24.7 Å². The molecule has 0 radical (unpaired) electrons. The number of amides is 1. The van der Waals surface area contributed by atoms with Gasteiger partial charge in [0.15, 0.2) is 6.61 Å². The van der Waals surface area contributed by atoms with Crippen LogP contribution in [0, 0.1) is 11.1 Å². The van der Waals surface area contributed by atoms with E-state index in [9.17, 15) is 14.8 Å². The van der Waals surface area contributed by atoms with Gasteiger partial charge in [-0.1, -0.05) is 13.8 Å². The zero-order valence-corrected chi connectivity index (χ0v) is 16.2. The van der Waals surface area contributed by atoms with Crippen LogP contribution >= 0.6 is 0 Å². The van der Waals surface area contributed by atoms with Crippen molar-refractivity contribution in [2.75, 3.05) is 14.2 Å². The van der Waals surface area contributed by atoms with Gasteiger partial charge in [-0.25, -0.2) is 9.52 Å².